The highest BCUT2D eigenvalue weighted by Crippen LogP contribution is 2.23. The standard InChI is InChI=1S/C13H10F5NO/c1-3-5-6(4-2)19-13(20)7-8(14)10(16)12(18)11(17)9(7)15/h1,6H,4-5H2,2H3,(H,19,20). The molecule has 0 spiro atoms. The second kappa shape index (κ2) is 6.37. The smallest absolute Gasteiger partial charge is 0.257 e. The minimum atomic E-state index is -2.31. The molecule has 1 rings (SSSR count). The SMILES string of the molecule is C#CCC(CC)NC(=O)c1c(F)c(F)c(F)c(F)c1F. The number of halogens is 5. The van der Waals surface area contributed by atoms with Crippen LogP contribution < -0.4 is 5.32 Å². The monoisotopic (exact) mass is 291 g/mol. The molecule has 0 heterocycles. The summed E-state index contributed by atoms with van der Waals surface area (Å²) in [6.07, 6.45) is 5.43. The lowest BCUT2D eigenvalue weighted by Crippen LogP contribution is -2.35. The molecule has 20 heavy (non-hydrogen) atoms. The number of terminal acetylenes is 1. The van der Waals surface area contributed by atoms with Gasteiger partial charge in [-0.15, -0.1) is 12.3 Å². The molecule has 7 heteroatoms. The van der Waals surface area contributed by atoms with E-state index in [-0.39, 0.29) is 6.42 Å². The van der Waals surface area contributed by atoms with Crippen molar-refractivity contribution in [2.45, 2.75) is 25.8 Å². The third-order valence-corrected chi connectivity index (χ3v) is 2.63. The Morgan fingerprint density at radius 1 is 1.10 bits per heavy atom. The van der Waals surface area contributed by atoms with E-state index in [1.54, 1.807) is 6.92 Å². The van der Waals surface area contributed by atoms with E-state index in [0.29, 0.717) is 6.42 Å². The maximum absolute atomic E-state index is 13.4. The highest BCUT2D eigenvalue weighted by atomic mass is 19.2. The van der Waals surface area contributed by atoms with Gasteiger partial charge in [-0.2, -0.15) is 0 Å². The zero-order valence-corrected chi connectivity index (χ0v) is 10.4. The van der Waals surface area contributed by atoms with Crippen molar-refractivity contribution in [2.24, 2.45) is 0 Å². The number of rotatable bonds is 4. The molecule has 0 aromatic heterocycles. The molecular formula is C13H10F5NO. The van der Waals surface area contributed by atoms with Gasteiger partial charge in [-0.3, -0.25) is 4.79 Å². The summed E-state index contributed by atoms with van der Waals surface area (Å²) in [4.78, 5) is 11.6. The normalized spacial score (nSPS) is 11.8. The Labute approximate surface area is 112 Å². The van der Waals surface area contributed by atoms with Crippen molar-refractivity contribution in [2.75, 3.05) is 0 Å². The molecule has 0 bridgehead atoms. The van der Waals surface area contributed by atoms with E-state index in [9.17, 15) is 26.7 Å². The van der Waals surface area contributed by atoms with Crippen LogP contribution in [0.4, 0.5) is 22.0 Å². The van der Waals surface area contributed by atoms with Crippen molar-refractivity contribution in [1.29, 1.82) is 0 Å². The number of nitrogens with one attached hydrogen (secondary N) is 1. The second-order valence-corrected chi connectivity index (χ2v) is 3.93. The summed E-state index contributed by atoms with van der Waals surface area (Å²) >= 11 is 0. The van der Waals surface area contributed by atoms with E-state index in [2.05, 4.69) is 11.2 Å². The van der Waals surface area contributed by atoms with E-state index >= 15 is 0 Å². The Bertz CT molecular complexity index is 550. The van der Waals surface area contributed by atoms with Gasteiger partial charge < -0.3 is 5.32 Å². The molecule has 0 radical (unpaired) electrons. The molecule has 0 fully saturated rings. The van der Waals surface area contributed by atoms with Gasteiger partial charge in [-0.1, -0.05) is 6.92 Å². The van der Waals surface area contributed by atoms with Crippen molar-refractivity contribution in [3.05, 3.63) is 34.6 Å². The van der Waals surface area contributed by atoms with Crippen LogP contribution in [0.3, 0.4) is 0 Å². The zero-order chi connectivity index (χ0) is 15.4. The summed E-state index contributed by atoms with van der Waals surface area (Å²) < 4.78 is 65.5. The van der Waals surface area contributed by atoms with Crippen molar-refractivity contribution in [1.82, 2.24) is 5.32 Å². The van der Waals surface area contributed by atoms with Gasteiger partial charge in [0.2, 0.25) is 5.82 Å². The van der Waals surface area contributed by atoms with E-state index in [1.807, 2.05) is 0 Å². The highest BCUT2D eigenvalue weighted by molar-refractivity contribution is 5.95. The van der Waals surface area contributed by atoms with E-state index in [4.69, 9.17) is 6.42 Å². The average Bonchev–Trinajstić information content (AvgIpc) is 2.42. The minimum Gasteiger partial charge on any atom is -0.348 e. The first-order chi connectivity index (χ1) is 9.34. The van der Waals surface area contributed by atoms with Gasteiger partial charge in [-0.05, 0) is 6.42 Å². The minimum absolute atomic E-state index is 0.0671. The highest BCUT2D eigenvalue weighted by Gasteiger charge is 2.30. The van der Waals surface area contributed by atoms with Crippen molar-refractivity contribution >= 4 is 5.91 Å². The Balaban J connectivity index is 3.21. The molecule has 1 unspecified atom stereocenters. The van der Waals surface area contributed by atoms with Crippen LogP contribution in [0.2, 0.25) is 0 Å². The van der Waals surface area contributed by atoms with Crippen molar-refractivity contribution in [3.63, 3.8) is 0 Å². The van der Waals surface area contributed by atoms with Crippen LogP contribution in [0.15, 0.2) is 0 Å². The van der Waals surface area contributed by atoms with Crippen LogP contribution >= 0.6 is 0 Å². The van der Waals surface area contributed by atoms with Gasteiger partial charge >= 0.3 is 0 Å². The number of amides is 1. The first-order valence-corrected chi connectivity index (χ1v) is 5.60. The molecule has 0 aliphatic rings. The molecule has 2 nitrogen and oxygen atoms in total. The van der Waals surface area contributed by atoms with Crippen molar-refractivity contribution < 1.29 is 26.7 Å². The van der Waals surface area contributed by atoms with Crippen LogP contribution in [0.25, 0.3) is 0 Å². The molecule has 1 atom stereocenters. The van der Waals surface area contributed by atoms with Gasteiger partial charge in [0.25, 0.3) is 5.91 Å². The summed E-state index contributed by atoms with van der Waals surface area (Å²) in [5.74, 6) is -10.2. The fourth-order valence-electron chi connectivity index (χ4n) is 1.50. The first-order valence-electron chi connectivity index (χ1n) is 5.60. The Hall–Kier alpha value is -2.10. The zero-order valence-electron chi connectivity index (χ0n) is 10.4. The third-order valence-electron chi connectivity index (χ3n) is 2.63. The number of carbonyl (C=O) groups excluding carboxylic acids is 1. The molecule has 1 aromatic carbocycles. The number of carbonyl (C=O) groups is 1. The van der Waals surface area contributed by atoms with Crippen molar-refractivity contribution in [3.8, 4) is 12.3 Å². The Morgan fingerprint density at radius 2 is 1.55 bits per heavy atom. The molecule has 0 saturated heterocycles. The summed E-state index contributed by atoms with van der Waals surface area (Å²) in [5, 5.41) is 2.12. The number of benzene rings is 1. The largest absolute Gasteiger partial charge is 0.348 e. The fraction of sp³-hybridized carbons (Fsp3) is 0.308. The molecule has 1 aromatic rings. The second-order valence-electron chi connectivity index (χ2n) is 3.93. The molecular weight excluding hydrogens is 281 g/mol. The molecule has 1 N–H and O–H groups in total. The van der Waals surface area contributed by atoms with Crippen LogP contribution in [-0.4, -0.2) is 11.9 Å². The summed E-state index contributed by atoms with van der Waals surface area (Å²) in [6.45, 7) is 1.64. The van der Waals surface area contributed by atoms with E-state index in [0.717, 1.165) is 0 Å². The van der Waals surface area contributed by atoms with Gasteiger partial charge in [-0.25, -0.2) is 22.0 Å². The lowest BCUT2D eigenvalue weighted by molar-refractivity contribution is 0.0925. The number of hydrogen-bond acceptors (Lipinski definition) is 1. The predicted octanol–water partition coefficient (Wildman–Crippen LogP) is 2.91. The van der Waals surface area contributed by atoms with Gasteiger partial charge in [0.05, 0.1) is 0 Å². The quantitative estimate of drug-likeness (QED) is 0.393. The molecule has 108 valence electrons. The third kappa shape index (κ3) is 2.90. The van der Waals surface area contributed by atoms with Gasteiger partial charge in [0.1, 0.15) is 5.56 Å². The van der Waals surface area contributed by atoms with Gasteiger partial charge in [0.15, 0.2) is 23.3 Å². The predicted molar refractivity (Wildman–Crippen MR) is 61.2 cm³/mol. The average molecular weight is 291 g/mol. The van der Waals surface area contributed by atoms with Crippen LogP contribution in [0.5, 0.6) is 0 Å². The molecule has 0 saturated carbocycles. The summed E-state index contributed by atoms with van der Waals surface area (Å²) in [7, 11) is 0. The van der Waals surface area contributed by atoms with Gasteiger partial charge in [0, 0.05) is 12.5 Å². The van der Waals surface area contributed by atoms with E-state index < -0.39 is 46.6 Å². The fourth-order valence-corrected chi connectivity index (χ4v) is 1.50. The maximum atomic E-state index is 13.4. The first kappa shape index (κ1) is 16.0. The van der Waals surface area contributed by atoms with E-state index in [1.165, 1.54) is 0 Å². The molecule has 0 aliphatic carbocycles. The maximum Gasteiger partial charge on any atom is 0.257 e. The lowest BCUT2D eigenvalue weighted by Gasteiger charge is -2.15. The topological polar surface area (TPSA) is 29.1 Å². The number of hydrogen-bond donors (Lipinski definition) is 1. The Morgan fingerprint density at radius 3 is 1.95 bits per heavy atom. The molecule has 1 amide bonds. The summed E-state index contributed by atoms with van der Waals surface area (Å²) in [5.41, 5.74) is -1.52. The molecule has 0 aliphatic heterocycles. The lowest BCUT2D eigenvalue weighted by atomic mass is 10.1. The van der Waals surface area contributed by atoms with Crippen LogP contribution in [-0.2, 0) is 0 Å². The Kier molecular flexibility index (Phi) is 5.08. The van der Waals surface area contributed by atoms with Crippen LogP contribution in [0.1, 0.15) is 30.1 Å². The van der Waals surface area contributed by atoms with Crippen LogP contribution in [0, 0.1) is 41.4 Å². The summed E-state index contributed by atoms with van der Waals surface area (Å²) in [6, 6.07) is -0.623.